The second-order valence-corrected chi connectivity index (χ2v) is 6.00. The van der Waals surface area contributed by atoms with Crippen LogP contribution in [-0.4, -0.2) is 43.8 Å². The molecule has 2 aliphatic heterocycles. The fourth-order valence-corrected chi connectivity index (χ4v) is 3.21. The third-order valence-electron chi connectivity index (χ3n) is 4.13. The lowest BCUT2D eigenvalue weighted by Crippen LogP contribution is -2.48. The Labute approximate surface area is 133 Å². The van der Waals surface area contributed by atoms with Gasteiger partial charge in [-0.05, 0) is 26.0 Å². The van der Waals surface area contributed by atoms with Gasteiger partial charge < -0.3 is 14.8 Å². The van der Waals surface area contributed by atoms with Crippen LogP contribution in [0.5, 0.6) is 11.5 Å². The third-order valence-corrected chi connectivity index (χ3v) is 4.13. The number of fused-ring (bicyclic) bond motifs is 1. The summed E-state index contributed by atoms with van der Waals surface area (Å²) in [5, 5.41) is 3.48. The molecular formula is C16H25ClN2O2. The molecule has 1 saturated heterocycles. The molecule has 21 heavy (non-hydrogen) atoms. The van der Waals surface area contributed by atoms with E-state index in [1.807, 2.05) is 0 Å². The molecule has 1 aromatic carbocycles. The van der Waals surface area contributed by atoms with Gasteiger partial charge in [0.05, 0.1) is 7.11 Å². The Bertz CT molecular complexity index is 495. The lowest BCUT2D eigenvalue weighted by molar-refractivity contribution is 0.193. The smallest absolute Gasteiger partial charge is 0.127 e. The first-order valence-corrected chi connectivity index (χ1v) is 7.48. The normalized spacial score (nSPS) is 24.9. The molecule has 1 aromatic rings. The van der Waals surface area contributed by atoms with E-state index in [-0.39, 0.29) is 18.5 Å². The maximum absolute atomic E-state index is 6.01. The van der Waals surface area contributed by atoms with Crippen LogP contribution in [0.15, 0.2) is 12.1 Å². The molecule has 5 heteroatoms. The average Bonchev–Trinajstić information content (AvgIpc) is 2.79. The minimum Gasteiger partial charge on any atom is -0.497 e. The number of rotatable bonds is 3. The number of ether oxygens (including phenoxy) is 2. The summed E-state index contributed by atoms with van der Waals surface area (Å²) in [7, 11) is 1.73. The third kappa shape index (κ3) is 3.62. The van der Waals surface area contributed by atoms with Crippen LogP contribution in [0.4, 0.5) is 0 Å². The number of halogens is 1. The van der Waals surface area contributed by atoms with Gasteiger partial charge in [0, 0.05) is 49.8 Å². The van der Waals surface area contributed by atoms with E-state index in [2.05, 4.69) is 36.2 Å². The van der Waals surface area contributed by atoms with Gasteiger partial charge in [-0.1, -0.05) is 0 Å². The molecule has 1 fully saturated rings. The van der Waals surface area contributed by atoms with Gasteiger partial charge in [0.1, 0.15) is 17.6 Å². The Hall–Kier alpha value is -0.970. The summed E-state index contributed by atoms with van der Waals surface area (Å²) in [5.41, 5.74) is 2.55. The lowest BCUT2D eigenvalue weighted by atomic mass is 10.0. The van der Waals surface area contributed by atoms with Gasteiger partial charge in [-0.15, -0.1) is 12.4 Å². The van der Waals surface area contributed by atoms with Gasteiger partial charge >= 0.3 is 0 Å². The van der Waals surface area contributed by atoms with E-state index < -0.39 is 0 Å². The molecule has 0 radical (unpaired) electrons. The Morgan fingerprint density at radius 2 is 2.19 bits per heavy atom. The molecule has 0 aliphatic carbocycles. The van der Waals surface area contributed by atoms with Crippen LogP contribution in [0.25, 0.3) is 0 Å². The molecule has 1 N–H and O–H groups in total. The molecule has 0 bridgehead atoms. The van der Waals surface area contributed by atoms with Crippen LogP contribution in [0.2, 0.25) is 0 Å². The molecule has 0 saturated carbocycles. The Balaban J connectivity index is 0.00000161. The zero-order valence-corrected chi connectivity index (χ0v) is 13.8. The number of nitrogens with one attached hydrogen (secondary N) is 1. The van der Waals surface area contributed by atoms with E-state index >= 15 is 0 Å². The second kappa shape index (κ2) is 6.86. The molecule has 0 aromatic heterocycles. The van der Waals surface area contributed by atoms with Crippen LogP contribution in [-0.2, 0) is 13.0 Å². The van der Waals surface area contributed by atoms with Gasteiger partial charge in [-0.25, -0.2) is 0 Å². The summed E-state index contributed by atoms with van der Waals surface area (Å²) < 4.78 is 11.4. The van der Waals surface area contributed by atoms with Crippen LogP contribution >= 0.6 is 12.4 Å². The van der Waals surface area contributed by atoms with E-state index in [9.17, 15) is 0 Å². The summed E-state index contributed by atoms with van der Waals surface area (Å²) in [6.45, 7) is 8.54. The molecule has 118 valence electrons. The summed E-state index contributed by atoms with van der Waals surface area (Å²) in [6.07, 6.45) is 1.26. The molecule has 0 amide bonds. The molecule has 2 unspecified atom stereocenters. The van der Waals surface area contributed by atoms with Crippen molar-refractivity contribution in [3.8, 4) is 11.5 Å². The molecule has 2 heterocycles. The highest BCUT2D eigenvalue weighted by Gasteiger charge is 2.25. The lowest BCUT2D eigenvalue weighted by Gasteiger charge is -2.32. The van der Waals surface area contributed by atoms with Crippen molar-refractivity contribution >= 4 is 12.4 Å². The van der Waals surface area contributed by atoms with Gasteiger partial charge in [0.15, 0.2) is 0 Å². The average molecular weight is 313 g/mol. The van der Waals surface area contributed by atoms with E-state index in [0.717, 1.165) is 44.1 Å². The number of benzene rings is 1. The van der Waals surface area contributed by atoms with Gasteiger partial charge in [-0.3, -0.25) is 4.90 Å². The topological polar surface area (TPSA) is 33.7 Å². The highest BCUT2D eigenvalue weighted by Crippen LogP contribution is 2.36. The number of methoxy groups -OCH3 is 1. The van der Waals surface area contributed by atoms with Crippen LogP contribution < -0.4 is 14.8 Å². The van der Waals surface area contributed by atoms with Crippen molar-refractivity contribution in [1.29, 1.82) is 0 Å². The van der Waals surface area contributed by atoms with Crippen LogP contribution in [0, 0.1) is 0 Å². The van der Waals surface area contributed by atoms with Crippen molar-refractivity contribution in [2.24, 2.45) is 0 Å². The standard InChI is InChI=1S/C16H24N2O2.ClH/c1-11-9-18(5-4-17-11)10-14-8-15(19-3)7-13-6-12(2)20-16(13)14;/h7-8,11-12,17H,4-6,9-10H2,1-3H3;1H. The first-order valence-electron chi connectivity index (χ1n) is 7.48. The second-order valence-electron chi connectivity index (χ2n) is 6.00. The maximum atomic E-state index is 6.01. The Kier molecular flexibility index (Phi) is 5.36. The predicted octanol–water partition coefficient (Wildman–Crippen LogP) is 2.23. The largest absolute Gasteiger partial charge is 0.497 e. The molecule has 4 nitrogen and oxygen atoms in total. The zero-order valence-electron chi connectivity index (χ0n) is 13.0. The van der Waals surface area contributed by atoms with E-state index in [1.54, 1.807) is 7.11 Å². The zero-order chi connectivity index (χ0) is 14.1. The van der Waals surface area contributed by atoms with Gasteiger partial charge in [0.2, 0.25) is 0 Å². The fraction of sp³-hybridized carbons (Fsp3) is 0.625. The highest BCUT2D eigenvalue weighted by atomic mass is 35.5. The summed E-state index contributed by atoms with van der Waals surface area (Å²) in [4.78, 5) is 2.49. The van der Waals surface area contributed by atoms with E-state index in [1.165, 1.54) is 11.1 Å². The molecule has 3 rings (SSSR count). The minimum atomic E-state index is 0. The number of hydrogen-bond donors (Lipinski definition) is 1. The van der Waals surface area contributed by atoms with Gasteiger partial charge in [-0.2, -0.15) is 0 Å². The maximum Gasteiger partial charge on any atom is 0.127 e. The highest BCUT2D eigenvalue weighted by molar-refractivity contribution is 5.85. The van der Waals surface area contributed by atoms with Crippen molar-refractivity contribution < 1.29 is 9.47 Å². The SMILES string of the molecule is COc1cc2c(c(CN3CCNC(C)C3)c1)OC(C)C2.Cl. The Morgan fingerprint density at radius 1 is 1.38 bits per heavy atom. The monoisotopic (exact) mass is 312 g/mol. The van der Waals surface area contributed by atoms with E-state index in [0.29, 0.717) is 6.04 Å². The van der Waals surface area contributed by atoms with Crippen LogP contribution in [0.1, 0.15) is 25.0 Å². The fourth-order valence-electron chi connectivity index (χ4n) is 3.21. The van der Waals surface area contributed by atoms with Crippen molar-refractivity contribution in [2.45, 2.75) is 39.0 Å². The molecule has 0 spiro atoms. The van der Waals surface area contributed by atoms with Gasteiger partial charge in [0.25, 0.3) is 0 Å². The summed E-state index contributed by atoms with van der Waals surface area (Å²) in [5.74, 6) is 2.03. The quantitative estimate of drug-likeness (QED) is 0.928. The first-order chi connectivity index (χ1) is 9.65. The van der Waals surface area contributed by atoms with Crippen molar-refractivity contribution in [2.75, 3.05) is 26.7 Å². The molecule has 2 aliphatic rings. The summed E-state index contributed by atoms with van der Waals surface area (Å²) >= 11 is 0. The minimum absolute atomic E-state index is 0. The molecular weight excluding hydrogens is 288 g/mol. The first kappa shape index (κ1) is 16.4. The van der Waals surface area contributed by atoms with Crippen molar-refractivity contribution in [3.63, 3.8) is 0 Å². The van der Waals surface area contributed by atoms with Crippen molar-refractivity contribution in [1.82, 2.24) is 10.2 Å². The number of nitrogens with zero attached hydrogens (tertiary/aromatic N) is 1. The summed E-state index contributed by atoms with van der Waals surface area (Å²) in [6, 6.07) is 4.80. The Morgan fingerprint density at radius 3 is 2.90 bits per heavy atom. The molecule has 2 atom stereocenters. The van der Waals surface area contributed by atoms with Crippen LogP contribution in [0.3, 0.4) is 0 Å². The number of hydrogen-bond acceptors (Lipinski definition) is 4. The number of piperazine rings is 1. The van der Waals surface area contributed by atoms with E-state index in [4.69, 9.17) is 9.47 Å². The predicted molar refractivity (Wildman–Crippen MR) is 86.8 cm³/mol. The van der Waals surface area contributed by atoms with Crippen molar-refractivity contribution in [3.05, 3.63) is 23.3 Å².